The normalized spacial score (nSPS) is 15.6. The van der Waals surface area contributed by atoms with Crippen molar-refractivity contribution in [3.8, 4) is 10.4 Å². The van der Waals surface area contributed by atoms with E-state index >= 15 is 0 Å². The van der Waals surface area contributed by atoms with Crippen LogP contribution in [0, 0.1) is 0 Å². The van der Waals surface area contributed by atoms with Gasteiger partial charge in [0.05, 0.1) is 0 Å². The predicted octanol–water partition coefficient (Wildman–Crippen LogP) is 4.81. The minimum Gasteiger partial charge on any atom is -0.349 e. The van der Waals surface area contributed by atoms with Gasteiger partial charge >= 0.3 is 0 Å². The van der Waals surface area contributed by atoms with Gasteiger partial charge in [0.2, 0.25) is 0 Å². The van der Waals surface area contributed by atoms with E-state index in [1.807, 2.05) is 24.3 Å². The molecule has 1 aliphatic heterocycles. The molecule has 138 valence electrons. The summed E-state index contributed by atoms with van der Waals surface area (Å²) in [5.74, 6) is 0.0370. The summed E-state index contributed by atoms with van der Waals surface area (Å²) in [4.78, 5) is 16.3. The molecule has 2 aromatic carbocycles. The van der Waals surface area contributed by atoms with Crippen molar-refractivity contribution in [3.05, 3.63) is 83.2 Å². The zero-order valence-corrected chi connectivity index (χ0v) is 16.1. The SMILES string of the molecule is O=C(NC1CCN(Cc2ccccc2)CC1)c1cccc(-c2cccs2)c1. The molecule has 0 bridgehead atoms. The van der Waals surface area contributed by atoms with E-state index in [0.717, 1.165) is 43.6 Å². The van der Waals surface area contributed by atoms with Crippen molar-refractivity contribution < 1.29 is 4.79 Å². The fraction of sp³-hybridized carbons (Fsp3) is 0.261. The Bertz CT molecular complexity index is 868. The van der Waals surface area contributed by atoms with Crippen molar-refractivity contribution in [2.45, 2.75) is 25.4 Å². The second-order valence-electron chi connectivity index (χ2n) is 7.07. The molecule has 1 amide bonds. The van der Waals surface area contributed by atoms with Crippen LogP contribution >= 0.6 is 11.3 Å². The maximum atomic E-state index is 12.7. The predicted molar refractivity (Wildman–Crippen MR) is 112 cm³/mol. The third-order valence-electron chi connectivity index (χ3n) is 5.10. The number of amides is 1. The van der Waals surface area contributed by atoms with Crippen molar-refractivity contribution in [1.82, 2.24) is 10.2 Å². The highest BCUT2D eigenvalue weighted by Gasteiger charge is 2.21. The summed E-state index contributed by atoms with van der Waals surface area (Å²) in [5, 5.41) is 5.29. The molecular formula is C23H24N2OS. The minimum atomic E-state index is 0.0370. The summed E-state index contributed by atoms with van der Waals surface area (Å²) < 4.78 is 0. The van der Waals surface area contributed by atoms with Gasteiger partial charge in [0.15, 0.2) is 0 Å². The maximum Gasteiger partial charge on any atom is 0.251 e. The maximum absolute atomic E-state index is 12.7. The lowest BCUT2D eigenvalue weighted by Gasteiger charge is -2.32. The number of carbonyl (C=O) groups excluding carboxylic acids is 1. The number of nitrogens with zero attached hydrogens (tertiary/aromatic N) is 1. The minimum absolute atomic E-state index is 0.0370. The number of hydrogen-bond donors (Lipinski definition) is 1. The number of thiophene rings is 1. The van der Waals surface area contributed by atoms with Gasteiger partial charge < -0.3 is 5.32 Å². The molecule has 0 saturated carbocycles. The number of piperidine rings is 1. The lowest BCUT2D eigenvalue weighted by Crippen LogP contribution is -2.44. The number of rotatable bonds is 5. The Hall–Kier alpha value is -2.43. The van der Waals surface area contributed by atoms with Crippen LogP contribution in [-0.4, -0.2) is 29.9 Å². The highest BCUT2D eigenvalue weighted by Crippen LogP contribution is 2.25. The van der Waals surface area contributed by atoms with E-state index in [1.54, 1.807) is 11.3 Å². The van der Waals surface area contributed by atoms with E-state index in [2.05, 4.69) is 58.1 Å². The molecule has 1 saturated heterocycles. The molecule has 27 heavy (non-hydrogen) atoms. The molecule has 2 heterocycles. The first kappa shape index (κ1) is 18.0. The summed E-state index contributed by atoms with van der Waals surface area (Å²) >= 11 is 1.70. The quantitative estimate of drug-likeness (QED) is 0.693. The van der Waals surface area contributed by atoms with Gasteiger partial charge in [0.25, 0.3) is 5.91 Å². The molecule has 1 aromatic heterocycles. The second kappa shape index (κ2) is 8.51. The standard InChI is InChI=1S/C23H24N2OS/c26-23(20-9-4-8-19(16-20)22-10-5-15-27-22)24-21-11-13-25(14-12-21)17-18-6-2-1-3-7-18/h1-10,15-16,21H,11-14,17H2,(H,24,26). The topological polar surface area (TPSA) is 32.3 Å². The van der Waals surface area contributed by atoms with Crippen LogP contribution in [0.2, 0.25) is 0 Å². The zero-order chi connectivity index (χ0) is 18.5. The Labute approximate surface area is 164 Å². The summed E-state index contributed by atoms with van der Waals surface area (Å²) in [5.41, 5.74) is 3.20. The van der Waals surface area contributed by atoms with Crippen molar-refractivity contribution in [1.29, 1.82) is 0 Å². The van der Waals surface area contributed by atoms with Gasteiger partial charge in [-0.15, -0.1) is 11.3 Å². The van der Waals surface area contributed by atoms with Gasteiger partial charge in [0.1, 0.15) is 0 Å². The molecule has 0 unspecified atom stereocenters. The average molecular weight is 377 g/mol. The van der Waals surface area contributed by atoms with Gasteiger partial charge in [0, 0.05) is 36.1 Å². The molecule has 1 fully saturated rings. The number of hydrogen-bond acceptors (Lipinski definition) is 3. The third kappa shape index (κ3) is 4.65. The molecule has 3 nitrogen and oxygen atoms in total. The van der Waals surface area contributed by atoms with Crippen LogP contribution in [0.15, 0.2) is 72.1 Å². The van der Waals surface area contributed by atoms with E-state index in [0.29, 0.717) is 0 Å². The van der Waals surface area contributed by atoms with Crippen LogP contribution in [0.1, 0.15) is 28.8 Å². The van der Waals surface area contributed by atoms with E-state index in [4.69, 9.17) is 0 Å². The van der Waals surface area contributed by atoms with E-state index in [9.17, 15) is 4.79 Å². The number of nitrogens with one attached hydrogen (secondary N) is 1. The van der Waals surface area contributed by atoms with E-state index in [1.165, 1.54) is 10.4 Å². The average Bonchev–Trinajstić information content (AvgIpc) is 3.25. The van der Waals surface area contributed by atoms with Gasteiger partial charge in [-0.3, -0.25) is 9.69 Å². The van der Waals surface area contributed by atoms with Crippen LogP contribution in [0.5, 0.6) is 0 Å². The summed E-state index contributed by atoms with van der Waals surface area (Å²) in [7, 11) is 0. The number of benzene rings is 2. The first-order chi connectivity index (χ1) is 13.3. The van der Waals surface area contributed by atoms with Crippen LogP contribution in [0.4, 0.5) is 0 Å². The van der Waals surface area contributed by atoms with Crippen LogP contribution in [0.3, 0.4) is 0 Å². The van der Waals surface area contributed by atoms with Gasteiger partial charge in [-0.1, -0.05) is 48.5 Å². The molecule has 3 aromatic rings. The Morgan fingerprint density at radius 3 is 2.56 bits per heavy atom. The molecule has 0 atom stereocenters. The highest BCUT2D eigenvalue weighted by molar-refractivity contribution is 7.13. The van der Waals surface area contributed by atoms with E-state index in [-0.39, 0.29) is 11.9 Å². The summed E-state index contributed by atoms with van der Waals surface area (Å²) in [6, 6.07) is 22.9. The van der Waals surface area contributed by atoms with Gasteiger partial charge in [-0.05, 0) is 47.5 Å². The highest BCUT2D eigenvalue weighted by atomic mass is 32.1. The van der Waals surface area contributed by atoms with Crippen LogP contribution < -0.4 is 5.32 Å². The molecule has 0 spiro atoms. The van der Waals surface area contributed by atoms with Crippen molar-refractivity contribution in [2.75, 3.05) is 13.1 Å². The summed E-state index contributed by atoms with van der Waals surface area (Å²) in [6.07, 6.45) is 2.01. The summed E-state index contributed by atoms with van der Waals surface area (Å²) in [6.45, 7) is 3.04. The first-order valence-corrected chi connectivity index (χ1v) is 10.4. The van der Waals surface area contributed by atoms with Crippen LogP contribution in [-0.2, 0) is 6.54 Å². The zero-order valence-electron chi connectivity index (χ0n) is 15.3. The number of likely N-dealkylation sites (tertiary alicyclic amines) is 1. The largest absolute Gasteiger partial charge is 0.349 e. The molecule has 0 aliphatic carbocycles. The Morgan fingerprint density at radius 1 is 1.00 bits per heavy atom. The van der Waals surface area contributed by atoms with Crippen molar-refractivity contribution >= 4 is 17.2 Å². The second-order valence-corrected chi connectivity index (χ2v) is 8.02. The fourth-order valence-corrected chi connectivity index (χ4v) is 4.33. The molecular weight excluding hydrogens is 352 g/mol. The number of carbonyl (C=O) groups is 1. The molecule has 0 radical (unpaired) electrons. The fourth-order valence-electron chi connectivity index (χ4n) is 3.60. The van der Waals surface area contributed by atoms with E-state index < -0.39 is 0 Å². The van der Waals surface area contributed by atoms with Gasteiger partial charge in [-0.2, -0.15) is 0 Å². The third-order valence-corrected chi connectivity index (χ3v) is 6.02. The Balaban J connectivity index is 1.31. The lowest BCUT2D eigenvalue weighted by atomic mass is 10.0. The Kier molecular flexibility index (Phi) is 5.66. The van der Waals surface area contributed by atoms with Crippen LogP contribution in [0.25, 0.3) is 10.4 Å². The van der Waals surface area contributed by atoms with Gasteiger partial charge in [-0.25, -0.2) is 0 Å². The first-order valence-electron chi connectivity index (χ1n) is 9.49. The molecule has 4 heteroatoms. The van der Waals surface area contributed by atoms with Crippen molar-refractivity contribution in [3.63, 3.8) is 0 Å². The van der Waals surface area contributed by atoms with Crippen molar-refractivity contribution in [2.24, 2.45) is 0 Å². The molecule has 1 N–H and O–H groups in total. The Morgan fingerprint density at radius 2 is 1.81 bits per heavy atom. The molecule has 1 aliphatic rings. The molecule has 4 rings (SSSR count). The smallest absolute Gasteiger partial charge is 0.251 e. The lowest BCUT2D eigenvalue weighted by molar-refractivity contribution is 0.0909. The monoisotopic (exact) mass is 376 g/mol.